The van der Waals surface area contributed by atoms with Gasteiger partial charge in [-0.05, 0) is 29.7 Å². The minimum absolute atomic E-state index is 0.0472. The van der Waals surface area contributed by atoms with Crippen LogP contribution in [0.5, 0.6) is 0 Å². The van der Waals surface area contributed by atoms with Gasteiger partial charge in [-0.1, -0.05) is 24.3 Å². The molecule has 0 aromatic heterocycles. The molecule has 2 aromatic carbocycles. The number of benzene rings is 2. The van der Waals surface area contributed by atoms with E-state index in [4.69, 9.17) is 0 Å². The van der Waals surface area contributed by atoms with E-state index in [0.29, 0.717) is 16.7 Å². The molecule has 23 heavy (non-hydrogen) atoms. The number of rotatable bonds is 6. The molecule has 122 valence electrons. The highest BCUT2D eigenvalue weighted by Crippen LogP contribution is 2.15. The predicted molar refractivity (Wildman–Crippen MR) is 83.7 cm³/mol. The molecule has 0 amide bonds. The van der Waals surface area contributed by atoms with E-state index < -0.39 is 20.8 Å². The summed E-state index contributed by atoms with van der Waals surface area (Å²) in [4.78, 5) is 10.1. The minimum atomic E-state index is -3.69. The van der Waals surface area contributed by atoms with E-state index in [9.17, 15) is 22.9 Å². The second-order valence-corrected chi connectivity index (χ2v) is 6.90. The second-order valence-electron chi connectivity index (χ2n) is 5.09. The lowest BCUT2D eigenvalue weighted by Crippen LogP contribution is -2.24. The fraction of sp³-hybridized carbons (Fsp3) is 0.200. The van der Waals surface area contributed by atoms with Crippen molar-refractivity contribution in [2.24, 2.45) is 0 Å². The van der Waals surface area contributed by atoms with Gasteiger partial charge in [0.2, 0.25) is 10.0 Å². The number of nitrogens with zero attached hydrogens (tertiary/aromatic N) is 1. The lowest BCUT2D eigenvalue weighted by atomic mass is 10.1. The Hall–Kier alpha value is -2.32. The molecule has 0 aliphatic heterocycles. The van der Waals surface area contributed by atoms with Crippen molar-refractivity contribution in [3.8, 4) is 0 Å². The van der Waals surface area contributed by atoms with Crippen LogP contribution in [0, 0.1) is 22.9 Å². The summed E-state index contributed by atoms with van der Waals surface area (Å²) in [5.74, 6) is -0.788. The smallest absolute Gasteiger partial charge is 0.258 e. The average molecular weight is 338 g/mol. The molecule has 6 nitrogen and oxygen atoms in total. The maximum atomic E-state index is 13.4. The first kappa shape index (κ1) is 17.0. The highest BCUT2D eigenvalue weighted by molar-refractivity contribution is 7.88. The van der Waals surface area contributed by atoms with Gasteiger partial charge >= 0.3 is 0 Å². The van der Waals surface area contributed by atoms with Gasteiger partial charge < -0.3 is 0 Å². The summed E-state index contributed by atoms with van der Waals surface area (Å²) in [5, 5.41) is 10.7. The molecule has 0 unspecified atom stereocenters. The fourth-order valence-corrected chi connectivity index (χ4v) is 3.08. The Morgan fingerprint density at radius 1 is 1.17 bits per heavy atom. The van der Waals surface area contributed by atoms with Gasteiger partial charge in [-0.15, -0.1) is 0 Å². The number of sulfonamides is 1. The summed E-state index contributed by atoms with van der Waals surface area (Å²) in [5.41, 5.74) is 1.11. The third-order valence-corrected chi connectivity index (χ3v) is 4.51. The molecule has 0 aliphatic carbocycles. The van der Waals surface area contributed by atoms with Crippen LogP contribution in [0.2, 0.25) is 0 Å². The topological polar surface area (TPSA) is 89.3 Å². The van der Waals surface area contributed by atoms with Gasteiger partial charge in [-0.25, -0.2) is 17.5 Å². The molecule has 0 aliphatic rings. The lowest BCUT2D eigenvalue weighted by Gasteiger charge is -2.08. The molecular weight excluding hydrogens is 323 g/mol. The number of halogens is 1. The van der Waals surface area contributed by atoms with Crippen LogP contribution in [0.1, 0.15) is 16.7 Å². The van der Waals surface area contributed by atoms with Gasteiger partial charge in [0.05, 0.1) is 10.7 Å². The van der Waals surface area contributed by atoms with Crippen LogP contribution in [-0.2, 0) is 22.3 Å². The molecule has 0 saturated carbocycles. The molecule has 0 atom stereocenters. The van der Waals surface area contributed by atoms with E-state index >= 15 is 0 Å². The van der Waals surface area contributed by atoms with Crippen LogP contribution in [0.15, 0.2) is 42.5 Å². The molecule has 0 fully saturated rings. The quantitative estimate of drug-likeness (QED) is 0.648. The highest BCUT2D eigenvalue weighted by Gasteiger charge is 2.14. The largest absolute Gasteiger partial charge is 0.269 e. The number of nitro groups is 1. The predicted octanol–water partition coefficient (Wildman–Crippen LogP) is 2.66. The lowest BCUT2D eigenvalue weighted by molar-refractivity contribution is -0.384. The summed E-state index contributed by atoms with van der Waals surface area (Å²) in [6, 6.07) is 9.90. The monoisotopic (exact) mass is 338 g/mol. The van der Waals surface area contributed by atoms with Gasteiger partial charge in [0.25, 0.3) is 5.69 Å². The standard InChI is InChI=1S/C15H15FN2O4S/c1-11-5-6-12(8-15(11)16)9-17-23(21,22)10-13-3-2-4-14(7-13)18(19)20/h2-8,17H,9-10H2,1H3. The van der Waals surface area contributed by atoms with Crippen LogP contribution in [0.4, 0.5) is 10.1 Å². The van der Waals surface area contributed by atoms with Crippen molar-refractivity contribution in [3.05, 3.63) is 75.1 Å². The highest BCUT2D eigenvalue weighted by atomic mass is 32.2. The van der Waals surface area contributed by atoms with E-state index in [1.807, 2.05) is 0 Å². The molecular formula is C15H15FN2O4S. The van der Waals surface area contributed by atoms with Gasteiger partial charge in [0.1, 0.15) is 5.82 Å². The Balaban J connectivity index is 2.05. The van der Waals surface area contributed by atoms with E-state index in [1.165, 1.54) is 30.3 Å². The second kappa shape index (κ2) is 6.84. The molecule has 0 spiro atoms. The van der Waals surface area contributed by atoms with Crippen molar-refractivity contribution >= 4 is 15.7 Å². The van der Waals surface area contributed by atoms with Gasteiger partial charge in [-0.3, -0.25) is 10.1 Å². The number of hydrogen-bond acceptors (Lipinski definition) is 4. The summed E-state index contributed by atoms with van der Waals surface area (Å²) in [7, 11) is -3.69. The Morgan fingerprint density at radius 2 is 1.91 bits per heavy atom. The number of nitro benzene ring substituents is 1. The molecule has 0 heterocycles. The molecule has 1 N–H and O–H groups in total. The number of non-ortho nitro benzene ring substituents is 1. The van der Waals surface area contributed by atoms with Crippen LogP contribution in [-0.4, -0.2) is 13.3 Å². The van der Waals surface area contributed by atoms with Crippen molar-refractivity contribution in [3.63, 3.8) is 0 Å². The van der Waals surface area contributed by atoms with Crippen molar-refractivity contribution in [2.75, 3.05) is 0 Å². The zero-order valence-electron chi connectivity index (χ0n) is 12.3. The Labute approximate surface area is 133 Å². The van der Waals surface area contributed by atoms with Crippen LogP contribution < -0.4 is 4.72 Å². The molecule has 0 radical (unpaired) electrons. The minimum Gasteiger partial charge on any atom is -0.258 e. The number of nitrogens with one attached hydrogen (secondary N) is 1. The third kappa shape index (κ3) is 4.83. The number of hydrogen-bond donors (Lipinski definition) is 1. The molecule has 0 bridgehead atoms. The summed E-state index contributed by atoms with van der Waals surface area (Å²) in [6.07, 6.45) is 0. The molecule has 2 aromatic rings. The first-order chi connectivity index (χ1) is 10.8. The van der Waals surface area contributed by atoms with E-state index in [1.54, 1.807) is 19.1 Å². The van der Waals surface area contributed by atoms with E-state index in [-0.39, 0.29) is 18.0 Å². The van der Waals surface area contributed by atoms with Gasteiger partial charge in [-0.2, -0.15) is 0 Å². The molecule has 2 rings (SSSR count). The molecule has 0 saturated heterocycles. The van der Waals surface area contributed by atoms with E-state index in [2.05, 4.69) is 4.72 Å². The van der Waals surface area contributed by atoms with Crippen molar-refractivity contribution in [1.82, 2.24) is 4.72 Å². The summed E-state index contributed by atoms with van der Waals surface area (Å²) < 4.78 is 39.8. The third-order valence-electron chi connectivity index (χ3n) is 3.21. The zero-order chi connectivity index (χ0) is 17.0. The summed E-state index contributed by atoms with van der Waals surface area (Å²) >= 11 is 0. The first-order valence-electron chi connectivity index (χ1n) is 6.72. The summed E-state index contributed by atoms with van der Waals surface area (Å²) in [6.45, 7) is 1.57. The SMILES string of the molecule is Cc1ccc(CNS(=O)(=O)Cc2cccc([N+](=O)[O-])c2)cc1F. The van der Waals surface area contributed by atoms with Crippen LogP contribution in [0.25, 0.3) is 0 Å². The number of aryl methyl sites for hydroxylation is 1. The molecule has 8 heteroatoms. The zero-order valence-corrected chi connectivity index (χ0v) is 13.1. The van der Waals surface area contributed by atoms with Crippen molar-refractivity contribution in [1.29, 1.82) is 0 Å². The first-order valence-corrected chi connectivity index (χ1v) is 8.38. The maximum Gasteiger partial charge on any atom is 0.269 e. The van der Waals surface area contributed by atoms with Crippen molar-refractivity contribution < 1.29 is 17.7 Å². The Morgan fingerprint density at radius 3 is 2.57 bits per heavy atom. The Bertz CT molecular complexity index is 837. The normalized spacial score (nSPS) is 11.4. The van der Waals surface area contributed by atoms with Crippen LogP contribution in [0.3, 0.4) is 0 Å². The fourth-order valence-electron chi connectivity index (χ4n) is 1.97. The maximum absolute atomic E-state index is 13.4. The van der Waals surface area contributed by atoms with E-state index in [0.717, 1.165) is 0 Å². The Kier molecular flexibility index (Phi) is 5.07. The van der Waals surface area contributed by atoms with Crippen LogP contribution >= 0.6 is 0 Å². The van der Waals surface area contributed by atoms with Crippen molar-refractivity contribution in [2.45, 2.75) is 19.2 Å². The van der Waals surface area contributed by atoms with Gasteiger partial charge in [0.15, 0.2) is 0 Å². The van der Waals surface area contributed by atoms with Gasteiger partial charge in [0, 0.05) is 18.7 Å². The average Bonchev–Trinajstić information content (AvgIpc) is 2.48.